The van der Waals surface area contributed by atoms with Gasteiger partial charge in [-0.1, -0.05) is 19.1 Å². The molecule has 72 valence electrons. The maximum absolute atomic E-state index is 12.6. The summed E-state index contributed by atoms with van der Waals surface area (Å²) in [5.74, 6) is 0.431. The minimum absolute atomic E-state index is 0.162. The van der Waals surface area contributed by atoms with E-state index in [2.05, 4.69) is 12.2 Å². The summed E-state index contributed by atoms with van der Waals surface area (Å²) >= 11 is 0. The van der Waals surface area contributed by atoms with Crippen LogP contribution >= 0.6 is 0 Å². The predicted molar refractivity (Wildman–Crippen MR) is 53.2 cm³/mol. The van der Waals surface area contributed by atoms with Gasteiger partial charge in [0.05, 0.1) is 0 Å². The number of nitrogens with one attached hydrogen (secondary N) is 1. The average Bonchev–Trinajstić information content (AvgIpc) is 2.09. The molecular formula is C11H16FN. The predicted octanol–water partition coefficient (Wildman–Crippen LogP) is 2.22. The van der Waals surface area contributed by atoms with E-state index in [1.807, 2.05) is 19.2 Å². The summed E-state index contributed by atoms with van der Waals surface area (Å²) in [7, 11) is 1.95. The minimum atomic E-state index is -0.162. The topological polar surface area (TPSA) is 12.0 Å². The molecule has 0 fully saturated rings. The molecule has 1 atom stereocenters. The molecule has 0 spiro atoms. The van der Waals surface area contributed by atoms with Gasteiger partial charge in [-0.3, -0.25) is 0 Å². The molecule has 2 heteroatoms. The lowest BCUT2D eigenvalue weighted by molar-refractivity contribution is 0.541. The summed E-state index contributed by atoms with van der Waals surface area (Å²) in [4.78, 5) is 0. The quantitative estimate of drug-likeness (QED) is 0.751. The van der Waals surface area contributed by atoms with Crippen LogP contribution in [0, 0.1) is 11.7 Å². The van der Waals surface area contributed by atoms with Gasteiger partial charge >= 0.3 is 0 Å². The maximum atomic E-state index is 12.6. The lowest BCUT2D eigenvalue weighted by Gasteiger charge is -2.09. The first-order valence-electron chi connectivity index (χ1n) is 4.61. The molecule has 0 amide bonds. The van der Waals surface area contributed by atoms with Crippen LogP contribution in [0.5, 0.6) is 0 Å². The van der Waals surface area contributed by atoms with E-state index in [0.29, 0.717) is 5.92 Å². The first-order chi connectivity index (χ1) is 6.22. The number of rotatable bonds is 4. The number of hydrogen-bond acceptors (Lipinski definition) is 1. The van der Waals surface area contributed by atoms with Crippen LogP contribution in [0.4, 0.5) is 4.39 Å². The van der Waals surface area contributed by atoms with Crippen molar-refractivity contribution >= 4 is 0 Å². The molecule has 0 bridgehead atoms. The summed E-state index contributed by atoms with van der Waals surface area (Å²) in [6.45, 7) is 3.18. The fourth-order valence-electron chi connectivity index (χ4n) is 1.44. The van der Waals surface area contributed by atoms with Crippen molar-refractivity contribution in [2.45, 2.75) is 13.3 Å². The molecule has 1 aromatic carbocycles. The SMILES string of the molecule is CNC[C@H](C)Cc1ccc(F)cc1. The average molecular weight is 181 g/mol. The second-order valence-corrected chi connectivity index (χ2v) is 3.49. The Morgan fingerprint density at radius 2 is 1.92 bits per heavy atom. The van der Waals surface area contributed by atoms with Gasteiger partial charge in [0, 0.05) is 0 Å². The first kappa shape index (κ1) is 10.2. The highest BCUT2D eigenvalue weighted by Gasteiger charge is 2.01. The third-order valence-corrected chi connectivity index (χ3v) is 2.05. The lowest BCUT2D eigenvalue weighted by Crippen LogP contribution is -2.17. The molecule has 1 rings (SSSR count). The van der Waals surface area contributed by atoms with Gasteiger partial charge in [-0.2, -0.15) is 0 Å². The lowest BCUT2D eigenvalue weighted by atomic mass is 10.0. The minimum Gasteiger partial charge on any atom is -0.319 e. The molecule has 0 heterocycles. The Bertz CT molecular complexity index is 243. The van der Waals surface area contributed by atoms with Gasteiger partial charge < -0.3 is 5.32 Å². The molecule has 0 radical (unpaired) electrons. The third-order valence-electron chi connectivity index (χ3n) is 2.05. The van der Waals surface area contributed by atoms with Gasteiger partial charge in [-0.25, -0.2) is 4.39 Å². The standard InChI is InChI=1S/C11H16FN/c1-9(8-13-2)7-10-3-5-11(12)6-4-10/h3-6,9,13H,7-8H2,1-2H3/t9-/m1/s1. The van der Waals surface area contributed by atoms with E-state index >= 15 is 0 Å². The second kappa shape index (κ2) is 4.97. The van der Waals surface area contributed by atoms with Crippen LogP contribution in [0.25, 0.3) is 0 Å². The third kappa shape index (κ3) is 3.55. The van der Waals surface area contributed by atoms with Gasteiger partial charge in [-0.15, -0.1) is 0 Å². The van der Waals surface area contributed by atoms with Crippen molar-refractivity contribution in [2.75, 3.05) is 13.6 Å². The molecule has 0 aliphatic rings. The summed E-state index contributed by atoms with van der Waals surface area (Å²) in [5, 5.41) is 3.13. The van der Waals surface area contributed by atoms with Gasteiger partial charge in [0.2, 0.25) is 0 Å². The monoisotopic (exact) mass is 181 g/mol. The van der Waals surface area contributed by atoms with E-state index in [-0.39, 0.29) is 5.82 Å². The zero-order valence-corrected chi connectivity index (χ0v) is 8.18. The summed E-state index contributed by atoms with van der Waals surface area (Å²) in [5.41, 5.74) is 1.20. The molecule has 0 aliphatic heterocycles. The Kier molecular flexibility index (Phi) is 3.90. The molecular weight excluding hydrogens is 165 g/mol. The summed E-state index contributed by atoms with van der Waals surface area (Å²) in [6, 6.07) is 6.73. The highest BCUT2D eigenvalue weighted by atomic mass is 19.1. The van der Waals surface area contributed by atoms with Gasteiger partial charge in [0.25, 0.3) is 0 Å². The largest absolute Gasteiger partial charge is 0.319 e. The van der Waals surface area contributed by atoms with Crippen LogP contribution in [0.3, 0.4) is 0 Å². The summed E-state index contributed by atoms with van der Waals surface area (Å²) < 4.78 is 12.6. The molecule has 0 saturated carbocycles. The smallest absolute Gasteiger partial charge is 0.123 e. The molecule has 0 aromatic heterocycles. The van der Waals surface area contributed by atoms with Crippen LogP contribution in [0.2, 0.25) is 0 Å². The Morgan fingerprint density at radius 1 is 1.31 bits per heavy atom. The molecule has 1 N–H and O–H groups in total. The van der Waals surface area contributed by atoms with Crippen molar-refractivity contribution in [1.29, 1.82) is 0 Å². The van der Waals surface area contributed by atoms with E-state index in [0.717, 1.165) is 13.0 Å². The molecule has 0 unspecified atom stereocenters. The molecule has 13 heavy (non-hydrogen) atoms. The molecule has 1 aromatic rings. The van der Waals surface area contributed by atoms with E-state index in [1.54, 1.807) is 0 Å². The van der Waals surface area contributed by atoms with E-state index < -0.39 is 0 Å². The van der Waals surface area contributed by atoms with Gasteiger partial charge in [0.15, 0.2) is 0 Å². The second-order valence-electron chi connectivity index (χ2n) is 3.49. The van der Waals surface area contributed by atoms with Gasteiger partial charge in [-0.05, 0) is 43.6 Å². The van der Waals surface area contributed by atoms with Crippen LogP contribution < -0.4 is 5.32 Å². The Morgan fingerprint density at radius 3 is 2.46 bits per heavy atom. The van der Waals surface area contributed by atoms with E-state index in [9.17, 15) is 4.39 Å². The molecule has 0 saturated heterocycles. The maximum Gasteiger partial charge on any atom is 0.123 e. The Hall–Kier alpha value is -0.890. The highest BCUT2D eigenvalue weighted by Crippen LogP contribution is 2.08. The van der Waals surface area contributed by atoms with Crippen molar-refractivity contribution in [3.63, 3.8) is 0 Å². The highest BCUT2D eigenvalue weighted by molar-refractivity contribution is 5.16. The van der Waals surface area contributed by atoms with Crippen molar-refractivity contribution in [1.82, 2.24) is 5.32 Å². The van der Waals surface area contributed by atoms with Crippen LogP contribution in [0.15, 0.2) is 24.3 Å². The van der Waals surface area contributed by atoms with Crippen molar-refractivity contribution in [3.8, 4) is 0 Å². The van der Waals surface area contributed by atoms with Crippen molar-refractivity contribution in [2.24, 2.45) is 5.92 Å². The first-order valence-corrected chi connectivity index (χ1v) is 4.61. The molecule has 1 nitrogen and oxygen atoms in total. The van der Waals surface area contributed by atoms with Crippen molar-refractivity contribution in [3.05, 3.63) is 35.6 Å². The van der Waals surface area contributed by atoms with E-state index in [4.69, 9.17) is 0 Å². The van der Waals surface area contributed by atoms with E-state index in [1.165, 1.54) is 17.7 Å². The summed E-state index contributed by atoms with van der Waals surface area (Å²) in [6.07, 6.45) is 1.00. The number of benzene rings is 1. The van der Waals surface area contributed by atoms with Crippen LogP contribution in [0.1, 0.15) is 12.5 Å². The van der Waals surface area contributed by atoms with Crippen molar-refractivity contribution < 1.29 is 4.39 Å². The fourth-order valence-corrected chi connectivity index (χ4v) is 1.44. The molecule has 0 aliphatic carbocycles. The Labute approximate surface area is 79.0 Å². The zero-order chi connectivity index (χ0) is 9.68. The van der Waals surface area contributed by atoms with Gasteiger partial charge in [0.1, 0.15) is 5.82 Å². The number of hydrogen-bond donors (Lipinski definition) is 1. The zero-order valence-electron chi connectivity index (χ0n) is 8.18. The number of halogens is 1. The fraction of sp³-hybridized carbons (Fsp3) is 0.455. The normalized spacial score (nSPS) is 12.8. The van der Waals surface area contributed by atoms with Crippen LogP contribution in [-0.4, -0.2) is 13.6 Å². The Balaban J connectivity index is 2.49. The van der Waals surface area contributed by atoms with Crippen LogP contribution in [-0.2, 0) is 6.42 Å².